The summed E-state index contributed by atoms with van der Waals surface area (Å²) >= 11 is 0. The highest BCUT2D eigenvalue weighted by atomic mass is 16.5. The van der Waals surface area contributed by atoms with Crippen LogP contribution in [0.4, 0.5) is 10.5 Å². The first-order chi connectivity index (χ1) is 16.1. The molecule has 0 unspecified atom stereocenters. The lowest BCUT2D eigenvalue weighted by molar-refractivity contribution is 0.0696. The number of amides is 1. The Kier molecular flexibility index (Phi) is 5.73. The zero-order chi connectivity index (χ0) is 22.8. The van der Waals surface area contributed by atoms with E-state index in [0.29, 0.717) is 13.2 Å². The predicted molar refractivity (Wildman–Crippen MR) is 127 cm³/mol. The van der Waals surface area contributed by atoms with E-state index in [1.807, 2.05) is 36.4 Å². The molecule has 1 aliphatic carbocycles. The number of alkyl carbamates (subject to hydrolysis) is 1. The quantitative estimate of drug-likeness (QED) is 0.588. The number of anilines is 1. The number of carboxylic acids is 1. The van der Waals surface area contributed by atoms with Crippen LogP contribution < -0.4 is 10.2 Å². The molecule has 1 amide bonds. The number of hydrogen-bond acceptors (Lipinski definition) is 4. The van der Waals surface area contributed by atoms with Gasteiger partial charge in [-0.25, -0.2) is 9.59 Å². The highest BCUT2D eigenvalue weighted by Crippen LogP contribution is 2.44. The number of nitrogens with one attached hydrogen (secondary N) is 1. The van der Waals surface area contributed by atoms with Gasteiger partial charge in [-0.3, -0.25) is 0 Å². The van der Waals surface area contributed by atoms with Crippen molar-refractivity contribution in [3.8, 4) is 11.1 Å². The van der Waals surface area contributed by atoms with Crippen LogP contribution in [0.1, 0.15) is 40.2 Å². The number of nitrogens with zero attached hydrogens (tertiary/aromatic N) is 1. The molecule has 1 saturated heterocycles. The van der Waals surface area contributed by atoms with Gasteiger partial charge in [0.2, 0.25) is 0 Å². The van der Waals surface area contributed by atoms with Gasteiger partial charge in [0.05, 0.1) is 5.56 Å². The zero-order valence-electron chi connectivity index (χ0n) is 18.2. The van der Waals surface area contributed by atoms with Crippen LogP contribution in [0.5, 0.6) is 0 Å². The third-order valence-electron chi connectivity index (χ3n) is 6.57. The summed E-state index contributed by atoms with van der Waals surface area (Å²) in [6.45, 7) is 1.83. The summed E-state index contributed by atoms with van der Waals surface area (Å²) in [4.78, 5) is 25.9. The van der Waals surface area contributed by atoms with E-state index in [0.717, 1.165) is 25.1 Å². The second-order valence-corrected chi connectivity index (χ2v) is 8.61. The molecule has 3 aromatic carbocycles. The molecule has 168 valence electrons. The van der Waals surface area contributed by atoms with Gasteiger partial charge >= 0.3 is 12.1 Å². The van der Waals surface area contributed by atoms with E-state index in [-0.39, 0.29) is 17.5 Å². The Balaban J connectivity index is 1.20. The van der Waals surface area contributed by atoms with Crippen LogP contribution in [0.2, 0.25) is 0 Å². The van der Waals surface area contributed by atoms with E-state index in [2.05, 4.69) is 34.5 Å². The van der Waals surface area contributed by atoms with Crippen LogP contribution in [-0.4, -0.2) is 42.9 Å². The number of benzene rings is 3. The molecule has 1 fully saturated rings. The molecule has 1 heterocycles. The van der Waals surface area contributed by atoms with E-state index in [1.54, 1.807) is 12.1 Å². The molecular weight excluding hydrogens is 416 g/mol. The third-order valence-corrected chi connectivity index (χ3v) is 6.57. The number of fused-ring (bicyclic) bond motifs is 3. The molecule has 0 radical (unpaired) electrons. The van der Waals surface area contributed by atoms with Crippen molar-refractivity contribution < 1.29 is 19.4 Å². The lowest BCUT2D eigenvalue weighted by atomic mass is 9.98. The second kappa shape index (κ2) is 8.98. The standard InChI is InChI=1S/C27H26N2O4/c30-26(31)18-11-13-20(14-12-18)29-15-5-6-19(16-29)28-27(32)33-17-25-23-9-3-1-7-21(23)22-8-2-4-10-24(22)25/h1-4,7-14,19,25H,5-6,15-17H2,(H,28,32)(H,30,31)/t19-/m0/s1. The molecule has 1 atom stereocenters. The Labute approximate surface area is 192 Å². The fraction of sp³-hybridized carbons (Fsp3) is 0.259. The number of aromatic carboxylic acids is 1. The number of rotatable bonds is 5. The third kappa shape index (κ3) is 4.29. The largest absolute Gasteiger partial charge is 0.478 e. The number of ether oxygens (including phenoxy) is 1. The number of carbonyl (C=O) groups excluding carboxylic acids is 1. The maximum absolute atomic E-state index is 12.6. The topological polar surface area (TPSA) is 78.9 Å². The average Bonchev–Trinajstić information content (AvgIpc) is 3.17. The second-order valence-electron chi connectivity index (χ2n) is 8.61. The molecule has 2 N–H and O–H groups in total. The van der Waals surface area contributed by atoms with Gasteiger partial charge < -0.3 is 20.1 Å². The minimum absolute atomic E-state index is 0.0199. The highest BCUT2D eigenvalue weighted by Gasteiger charge is 2.29. The summed E-state index contributed by atoms with van der Waals surface area (Å²) in [6, 6.07) is 23.4. The summed E-state index contributed by atoms with van der Waals surface area (Å²) in [5.74, 6) is -0.895. The molecule has 2 aliphatic rings. The van der Waals surface area contributed by atoms with Crippen LogP contribution in [0, 0.1) is 0 Å². The molecule has 0 spiro atoms. The van der Waals surface area contributed by atoms with Crippen LogP contribution in [0.25, 0.3) is 11.1 Å². The Hall–Kier alpha value is -3.80. The first-order valence-electron chi connectivity index (χ1n) is 11.3. The van der Waals surface area contributed by atoms with E-state index in [9.17, 15) is 9.59 Å². The Morgan fingerprint density at radius 3 is 2.21 bits per heavy atom. The minimum atomic E-state index is -0.935. The van der Waals surface area contributed by atoms with Crippen molar-refractivity contribution >= 4 is 17.7 Å². The fourth-order valence-electron chi connectivity index (χ4n) is 4.95. The number of carboxylic acid groups (broad SMARTS) is 1. The van der Waals surface area contributed by atoms with E-state index < -0.39 is 12.1 Å². The van der Waals surface area contributed by atoms with Crippen molar-refractivity contribution in [3.05, 3.63) is 89.5 Å². The Morgan fingerprint density at radius 2 is 1.58 bits per heavy atom. The van der Waals surface area contributed by atoms with Gasteiger partial charge in [-0.15, -0.1) is 0 Å². The Bertz CT molecular complexity index is 1130. The summed E-state index contributed by atoms with van der Waals surface area (Å²) in [7, 11) is 0. The maximum atomic E-state index is 12.6. The van der Waals surface area contributed by atoms with Crippen molar-refractivity contribution in [2.45, 2.75) is 24.8 Å². The molecular formula is C27H26N2O4. The van der Waals surface area contributed by atoms with E-state index >= 15 is 0 Å². The summed E-state index contributed by atoms with van der Waals surface area (Å²) in [5, 5.41) is 12.1. The molecule has 6 nitrogen and oxygen atoms in total. The number of carbonyl (C=O) groups is 2. The van der Waals surface area contributed by atoms with Crippen molar-refractivity contribution in [3.63, 3.8) is 0 Å². The molecule has 1 aliphatic heterocycles. The summed E-state index contributed by atoms with van der Waals surface area (Å²) in [6.07, 6.45) is 1.42. The van der Waals surface area contributed by atoms with Gasteiger partial charge in [0.1, 0.15) is 6.61 Å². The van der Waals surface area contributed by atoms with Crippen molar-refractivity contribution in [2.75, 3.05) is 24.6 Å². The molecule has 0 saturated carbocycles. The van der Waals surface area contributed by atoms with Crippen LogP contribution in [0.3, 0.4) is 0 Å². The van der Waals surface area contributed by atoms with Gasteiger partial charge in [0.15, 0.2) is 0 Å². The maximum Gasteiger partial charge on any atom is 0.407 e. The fourth-order valence-corrected chi connectivity index (χ4v) is 4.95. The number of piperidine rings is 1. The van der Waals surface area contributed by atoms with Gasteiger partial charge in [-0.1, -0.05) is 48.5 Å². The van der Waals surface area contributed by atoms with Crippen molar-refractivity contribution in [2.24, 2.45) is 0 Å². The van der Waals surface area contributed by atoms with Gasteiger partial charge in [-0.05, 0) is 59.4 Å². The van der Waals surface area contributed by atoms with Gasteiger partial charge in [0.25, 0.3) is 0 Å². The molecule has 0 bridgehead atoms. The lowest BCUT2D eigenvalue weighted by Gasteiger charge is -2.34. The normalized spacial score (nSPS) is 17.2. The predicted octanol–water partition coefficient (Wildman–Crippen LogP) is 4.89. The highest BCUT2D eigenvalue weighted by molar-refractivity contribution is 5.88. The lowest BCUT2D eigenvalue weighted by Crippen LogP contribution is -2.48. The molecule has 6 heteroatoms. The molecule has 3 aromatic rings. The van der Waals surface area contributed by atoms with E-state index in [1.165, 1.54) is 22.3 Å². The minimum Gasteiger partial charge on any atom is -0.478 e. The molecule has 5 rings (SSSR count). The smallest absolute Gasteiger partial charge is 0.407 e. The van der Waals surface area contributed by atoms with Gasteiger partial charge in [0, 0.05) is 30.7 Å². The van der Waals surface area contributed by atoms with Crippen molar-refractivity contribution in [1.82, 2.24) is 5.32 Å². The SMILES string of the molecule is O=C(N[C@H]1CCCN(c2ccc(C(=O)O)cc2)C1)OCC1c2ccccc2-c2ccccc21. The first kappa shape index (κ1) is 21.1. The van der Waals surface area contributed by atoms with E-state index in [4.69, 9.17) is 9.84 Å². The Morgan fingerprint density at radius 1 is 0.939 bits per heavy atom. The van der Waals surface area contributed by atoms with Gasteiger partial charge in [-0.2, -0.15) is 0 Å². The average molecular weight is 443 g/mol. The van der Waals surface area contributed by atoms with Crippen molar-refractivity contribution in [1.29, 1.82) is 0 Å². The van der Waals surface area contributed by atoms with Crippen LogP contribution in [-0.2, 0) is 4.74 Å². The summed E-state index contributed by atoms with van der Waals surface area (Å²) in [5.41, 5.74) is 6.03. The monoisotopic (exact) mass is 442 g/mol. The first-order valence-corrected chi connectivity index (χ1v) is 11.3. The van der Waals surface area contributed by atoms with Crippen LogP contribution >= 0.6 is 0 Å². The van der Waals surface area contributed by atoms with Crippen LogP contribution in [0.15, 0.2) is 72.8 Å². The molecule has 0 aromatic heterocycles. The zero-order valence-corrected chi connectivity index (χ0v) is 18.2. The summed E-state index contributed by atoms with van der Waals surface area (Å²) < 4.78 is 5.69. The molecule has 33 heavy (non-hydrogen) atoms. The number of hydrogen-bond donors (Lipinski definition) is 2.